The zero-order valence-electron chi connectivity index (χ0n) is 16.0. The molecule has 1 amide bonds. The Morgan fingerprint density at radius 3 is 2.37 bits per heavy atom. The van der Waals surface area contributed by atoms with E-state index in [-0.39, 0.29) is 11.4 Å². The minimum Gasteiger partial charge on any atom is -0.322 e. The summed E-state index contributed by atoms with van der Waals surface area (Å²) >= 11 is 0. The van der Waals surface area contributed by atoms with Gasteiger partial charge in [-0.15, -0.1) is 0 Å². The van der Waals surface area contributed by atoms with Gasteiger partial charge in [0.2, 0.25) is 15.9 Å². The zero-order chi connectivity index (χ0) is 21.9. The zero-order valence-corrected chi connectivity index (χ0v) is 16.8. The van der Waals surface area contributed by atoms with Crippen molar-refractivity contribution >= 4 is 32.4 Å². The Labute approximate surface area is 172 Å². The molecule has 5 nitrogen and oxygen atoms in total. The molecule has 0 aliphatic rings. The number of anilines is 1. The lowest BCUT2D eigenvalue weighted by molar-refractivity contribution is -0.116. The van der Waals surface area contributed by atoms with Crippen molar-refractivity contribution in [1.82, 2.24) is 4.31 Å². The topological polar surface area (TPSA) is 66.5 Å². The average molecular weight is 436 g/mol. The lowest BCUT2D eigenvalue weighted by atomic mass is 10.1. The summed E-state index contributed by atoms with van der Waals surface area (Å²) in [6.07, 6.45) is 0.430. The Bertz CT molecular complexity index is 1200. The Morgan fingerprint density at radius 1 is 0.967 bits per heavy atom. The SMILES string of the molecule is CCCN(CC(=O)Nc1ccc(F)c(F)c1F)S(=O)(=O)c1ccc2ccccc2c1. The van der Waals surface area contributed by atoms with Crippen LogP contribution in [-0.4, -0.2) is 31.7 Å². The van der Waals surface area contributed by atoms with Gasteiger partial charge in [0.25, 0.3) is 0 Å². The van der Waals surface area contributed by atoms with Gasteiger partial charge in [0.15, 0.2) is 17.5 Å². The van der Waals surface area contributed by atoms with Crippen LogP contribution in [0.2, 0.25) is 0 Å². The van der Waals surface area contributed by atoms with Crippen molar-refractivity contribution in [3.8, 4) is 0 Å². The van der Waals surface area contributed by atoms with E-state index in [0.29, 0.717) is 12.5 Å². The summed E-state index contributed by atoms with van der Waals surface area (Å²) in [6.45, 7) is 1.18. The van der Waals surface area contributed by atoms with Crippen molar-refractivity contribution in [1.29, 1.82) is 0 Å². The van der Waals surface area contributed by atoms with Crippen molar-refractivity contribution in [2.75, 3.05) is 18.4 Å². The van der Waals surface area contributed by atoms with E-state index < -0.39 is 45.6 Å². The first kappa shape index (κ1) is 21.8. The second-order valence-electron chi connectivity index (χ2n) is 6.62. The summed E-state index contributed by atoms with van der Waals surface area (Å²) in [5.41, 5.74) is -0.571. The molecule has 30 heavy (non-hydrogen) atoms. The third-order valence-corrected chi connectivity index (χ3v) is 6.30. The van der Waals surface area contributed by atoms with Crippen LogP contribution in [0.4, 0.5) is 18.9 Å². The number of halogens is 3. The molecule has 0 aromatic heterocycles. The maximum atomic E-state index is 13.8. The number of fused-ring (bicyclic) bond motifs is 1. The highest BCUT2D eigenvalue weighted by molar-refractivity contribution is 7.89. The predicted octanol–water partition coefficient (Wildman–Crippen LogP) is 4.30. The molecular weight excluding hydrogens is 417 g/mol. The second kappa shape index (κ2) is 8.85. The molecule has 3 aromatic rings. The van der Waals surface area contributed by atoms with Crippen molar-refractivity contribution in [3.63, 3.8) is 0 Å². The first-order valence-electron chi connectivity index (χ1n) is 9.16. The van der Waals surface area contributed by atoms with Crippen LogP contribution < -0.4 is 5.32 Å². The lowest BCUT2D eigenvalue weighted by Crippen LogP contribution is -2.38. The number of sulfonamides is 1. The van der Waals surface area contributed by atoms with E-state index >= 15 is 0 Å². The number of nitrogens with zero attached hydrogens (tertiary/aromatic N) is 1. The molecule has 0 heterocycles. The Kier molecular flexibility index (Phi) is 6.42. The van der Waals surface area contributed by atoms with Crippen LogP contribution in [0.25, 0.3) is 10.8 Å². The van der Waals surface area contributed by atoms with Crippen LogP contribution in [-0.2, 0) is 14.8 Å². The third-order valence-electron chi connectivity index (χ3n) is 4.46. The third kappa shape index (κ3) is 4.47. The molecule has 1 N–H and O–H groups in total. The molecule has 0 bridgehead atoms. The number of nitrogens with one attached hydrogen (secondary N) is 1. The largest absolute Gasteiger partial charge is 0.322 e. The van der Waals surface area contributed by atoms with Gasteiger partial charge in [-0.1, -0.05) is 37.3 Å². The number of hydrogen-bond donors (Lipinski definition) is 1. The van der Waals surface area contributed by atoms with Gasteiger partial charge >= 0.3 is 0 Å². The minimum atomic E-state index is -4.02. The van der Waals surface area contributed by atoms with Gasteiger partial charge < -0.3 is 5.32 Å². The number of carbonyl (C=O) groups excluding carboxylic acids is 1. The van der Waals surface area contributed by atoms with Gasteiger partial charge in [-0.05, 0) is 41.5 Å². The molecule has 3 aromatic carbocycles. The summed E-state index contributed by atoms with van der Waals surface area (Å²) in [6, 6.07) is 13.4. The summed E-state index contributed by atoms with van der Waals surface area (Å²) in [7, 11) is -4.02. The van der Waals surface area contributed by atoms with Crippen LogP contribution in [0.1, 0.15) is 13.3 Å². The molecule has 0 unspecified atom stereocenters. The van der Waals surface area contributed by atoms with Crippen LogP contribution in [0.15, 0.2) is 59.5 Å². The standard InChI is InChI=1S/C21H19F3N2O3S/c1-2-11-26(13-19(27)25-18-10-9-17(22)20(23)21(18)24)30(28,29)16-8-7-14-5-3-4-6-15(14)12-16/h3-10,12H,2,11,13H2,1H3,(H,25,27). The van der Waals surface area contributed by atoms with Crippen LogP contribution in [0, 0.1) is 17.5 Å². The molecule has 0 saturated heterocycles. The predicted molar refractivity (Wildman–Crippen MR) is 108 cm³/mol. The van der Waals surface area contributed by atoms with E-state index in [1.165, 1.54) is 12.1 Å². The van der Waals surface area contributed by atoms with Gasteiger partial charge in [0.05, 0.1) is 17.1 Å². The quantitative estimate of drug-likeness (QED) is 0.562. The van der Waals surface area contributed by atoms with E-state index in [0.717, 1.165) is 21.1 Å². The van der Waals surface area contributed by atoms with E-state index in [4.69, 9.17) is 0 Å². The average Bonchev–Trinajstić information content (AvgIpc) is 2.73. The fourth-order valence-corrected chi connectivity index (χ4v) is 4.51. The monoisotopic (exact) mass is 436 g/mol. The number of hydrogen-bond acceptors (Lipinski definition) is 3. The number of benzene rings is 3. The molecule has 158 valence electrons. The summed E-state index contributed by atoms with van der Waals surface area (Å²) in [5.74, 6) is -5.54. The minimum absolute atomic E-state index is 0.0152. The second-order valence-corrected chi connectivity index (χ2v) is 8.56. The molecule has 0 radical (unpaired) electrons. The molecule has 0 aliphatic carbocycles. The van der Waals surface area contributed by atoms with Crippen LogP contribution >= 0.6 is 0 Å². The molecule has 3 rings (SSSR count). The van der Waals surface area contributed by atoms with Crippen molar-refractivity contribution < 1.29 is 26.4 Å². The van der Waals surface area contributed by atoms with Gasteiger partial charge in [-0.3, -0.25) is 4.79 Å². The number of amides is 1. The Hall–Kier alpha value is -2.91. The van der Waals surface area contributed by atoms with Crippen LogP contribution in [0.5, 0.6) is 0 Å². The molecule has 0 atom stereocenters. The number of carbonyl (C=O) groups is 1. The van der Waals surface area contributed by atoms with Gasteiger partial charge in [-0.2, -0.15) is 4.31 Å². The molecule has 0 spiro atoms. The van der Waals surface area contributed by atoms with E-state index in [2.05, 4.69) is 5.32 Å². The van der Waals surface area contributed by atoms with Crippen LogP contribution in [0.3, 0.4) is 0 Å². The highest BCUT2D eigenvalue weighted by Gasteiger charge is 2.27. The Balaban J connectivity index is 1.85. The number of rotatable bonds is 7. The summed E-state index contributed by atoms with van der Waals surface area (Å²) in [5, 5.41) is 3.68. The molecule has 0 saturated carbocycles. The first-order valence-corrected chi connectivity index (χ1v) is 10.6. The van der Waals surface area contributed by atoms with E-state index in [9.17, 15) is 26.4 Å². The van der Waals surface area contributed by atoms with Crippen molar-refractivity contribution in [3.05, 3.63) is 72.0 Å². The van der Waals surface area contributed by atoms with Crippen molar-refractivity contribution in [2.45, 2.75) is 18.2 Å². The summed E-state index contributed by atoms with van der Waals surface area (Å²) in [4.78, 5) is 12.4. The lowest BCUT2D eigenvalue weighted by Gasteiger charge is -2.21. The first-order chi connectivity index (χ1) is 14.2. The highest BCUT2D eigenvalue weighted by Crippen LogP contribution is 2.23. The van der Waals surface area contributed by atoms with Crippen molar-refractivity contribution in [2.24, 2.45) is 0 Å². The van der Waals surface area contributed by atoms with Gasteiger partial charge in [0.1, 0.15) is 0 Å². The smallest absolute Gasteiger partial charge is 0.243 e. The maximum Gasteiger partial charge on any atom is 0.243 e. The highest BCUT2D eigenvalue weighted by atomic mass is 32.2. The Morgan fingerprint density at radius 2 is 1.67 bits per heavy atom. The molecular formula is C21H19F3N2O3S. The fraction of sp³-hybridized carbons (Fsp3) is 0.190. The normalized spacial score (nSPS) is 11.8. The van der Waals surface area contributed by atoms with E-state index in [1.807, 2.05) is 12.1 Å². The maximum absolute atomic E-state index is 13.8. The van der Waals surface area contributed by atoms with Gasteiger partial charge in [-0.25, -0.2) is 21.6 Å². The van der Waals surface area contributed by atoms with Gasteiger partial charge in [0, 0.05) is 6.54 Å². The molecule has 9 heteroatoms. The molecule has 0 aliphatic heterocycles. The van der Waals surface area contributed by atoms with E-state index in [1.54, 1.807) is 25.1 Å². The molecule has 0 fully saturated rings. The fourth-order valence-electron chi connectivity index (χ4n) is 2.98. The summed E-state index contributed by atoms with van der Waals surface area (Å²) < 4.78 is 67.3.